The fourth-order valence-corrected chi connectivity index (χ4v) is 4.17. The number of hydrogen-bond donors (Lipinski definition) is 2. The molecule has 2 aliphatic heterocycles. The summed E-state index contributed by atoms with van der Waals surface area (Å²) < 4.78 is 10.9. The van der Waals surface area contributed by atoms with Gasteiger partial charge in [0.05, 0.1) is 25.5 Å². The lowest BCUT2D eigenvalue weighted by Crippen LogP contribution is -2.62. The number of ether oxygens (including phenoxy) is 2. The topological polar surface area (TPSA) is 62.8 Å². The van der Waals surface area contributed by atoms with Gasteiger partial charge < -0.3 is 20.1 Å². The Morgan fingerprint density at radius 2 is 1.86 bits per heavy atom. The number of likely N-dealkylation sites (tertiary alicyclic amines) is 1. The first kappa shape index (κ1) is 18.6. The lowest BCUT2D eigenvalue weighted by molar-refractivity contribution is 0.0821. The fraction of sp³-hybridized carbons (Fsp3) is 0.409. The van der Waals surface area contributed by atoms with Gasteiger partial charge in [-0.1, -0.05) is 12.1 Å². The van der Waals surface area contributed by atoms with E-state index in [4.69, 9.17) is 9.47 Å². The van der Waals surface area contributed by atoms with E-state index in [1.54, 1.807) is 14.2 Å². The number of methoxy groups -OCH3 is 2. The number of amides is 1. The molecule has 0 saturated carbocycles. The second-order valence-electron chi connectivity index (χ2n) is 7.61. The van der Waals surface area contributed by atoms with E-state index in [2.05, 4.69) is 15.5 Å². The smallest absolute Gasteiger partial charge is 0.255 e. The van der Waals surface area contributed by atoms with Gasteiger partial charge in [0.15, 0.2) is 0 Å². The SMILES string of the molecule is COc1ccc(OC)c(CN2CCC3(CC2)NC(=O)c2cccc(C)c2N3)c1. The molecule has 6 nitrogen and oxygen atoms in total. The van der Waals surface area contributed by atoms with Crippen LogP contribution in [0.1, 0.15) is 34.3 Å². The Morgan fingerprint density at radius 1 is 1.07 bits per heavy atom. The second kappa shape index (κ2) is 7.36. The van der Waals surface area contributed by atoms with Gasteiger partial charge in [-0.05, 0) is 36.8 Å². The molecule has 0 aliphatic carbocycles. The van der Waals surface area contributed by atoms with E-state index in [1.807, 2.05) is 43.3 Å². The normalized spacial score (nSPS) is 18.2. The van der Waals surface area contributed by atoms with Crippen LogP contribution in [0.3, 0.4) is 0 Å². The highest BCUT2D eigenvalue weighted by Gasteiger charge is 2.40. The quantitative estimate of drug-likeness (QED) is 0.852. The molecular weight excluding hydrogens is 354 g/mol. The molecule has 1 spiro atoms. The third-order valence-corrected chi connectivity index (χ3v) is 5.83. The monoisotopic (exact) mass is 381 g/mol. The summed E-state index contributed by atoms with van der Waals surface area (Å²) in [4.78, 5) is 15.0. The zero-order chi connectivity index (χ0) is 19.7. The van der Waals surface area contributed by atoms with Crippen LogP contribution in [0, 0.1) is 6.92 Å². The summed E-state index contributed by atoms with van der Waals surface area (Å²) >= 11 is 0. The van der Waals surface area contributed by atoms with Crippen molar-refractivity contribution in [2.45, 2.75) is 32.0 Å². The maximum absolute atomic E-state index is 12.6. The van der Waals surface area contributed by atoms with Crippen molar-refractivity contribution in [1.29, 1.82) is 0 Å². The summed E-state index contributed by atoms with van der Waals surface area (Å²) in [7, 11) is 3.37. The van der Waals surface area contributed by atoms with Crippen molar-refractivity contribution in [3.63, 3.8) is 0 Å². The molecule has 0 bridgehead atoms. The van der Waals surface area contributed by atoms with E-state index in [-0.39, 0.29) is 11.6 Å². The van der Waals surface area contributed by atoms with Crippen LogP contribution in [-0.2, 0) is 6.54 Å². The molecule has 2 N–H and O–H groups in total. The first-order valence-corrected chi connectivity index (χ1v) is 9.67. The van der Waals surface area contributed by atoms with Gasteiger partial charge in [0.25, 0.3) is 5.91 Å². The van der Waals surface area contributed by atoms with E-state index >= 15 is 0 Å². The highest BCUT2D eigenvalue weighted by molar-refractivity contribution is 6.02. The number of nitrogens with one attached hydrogen (secondary N) is 2. The first-order chi connectivity index (χ1) is 13.5. The Hall–Kier alpha value is -2.73. The van der Waals surface area contributed by atoms with Crippen molar-refractivity contribution in [3.05, 3.63) is 53.1 Å². The fourth-order valence-electron chi connectivity index (χ4n) is 4.17. The molecule has 2 aromatic rings. The van der Waals surface area contributed by atoms with Crippen molar-refractivity contribution in [3.8, 4) is 11.5 Å². The number of fused-ring (bicyclic) bond motifs is 1. The van der Waals surface area contributed by atoms with Crippen LogP contribution in [0.5, 0.6) is 11.5 Å². The zero-order valence-electron chi connectivity index (χ0n) is 16.7. The number of benzene rings is 2. The molecule has 1 fully saturated rings. The van der Waals surface area contributed by atoms with Crippen molar-refractivity contribution in [1.82, 2.24) is 10.2 Å². The second-order valence-corrected chi connectivity index (χ2v) is 7.61. The number of nitrogens with zero attached hydrogens (tertiary/aromatic N) is 1. The third kappa shape index (κ3) is 3.40. The molecule has 4 rings (SSSR count). The molecule has 0 unspecified atom stereocenters. The molecule has 2 aromatic carbocycles. The maximum Gasteiger partial charge on any atom is 0.255 e. The molecular formula is C22H27N3O3. The number of para-hydroxylation sites is 1. The number of piperidine rings is 1. The Morgan fingerprint density at radius 3 is 2.57 bits per heavy atom. The van der Waals surface area contributed by atoms with Crippen molar-refractivity contribution < 1.29 is 14.3 Å². The maximum atomic E-state index is 12.6. The first-order valence-electron chi connectivity index (χ1n) is 9.67. The highest BCUT2D eigenvalue weighted by atomic mass is 16.5. The number of aryl methyl sites for hydroxylation is 1. The predicted octanol–water partition coefficient (Wildman–Crippen LogP) is 3.16. The summed E-state index contributed by atoms with van der Waals surface area (Å²) in [5.74, 6) is 1.72. The molecule has 1 amide bonds. The van der Waals surface area contributed by atoms with Crippen molar-refractivity contribution in [2.24, 2.45) is 0 Å². The summed E-state index contributed by atoms with van der Waals surface area (Å²) in [6.45, 7) is 4.60. The minimum absolute atomic E-state index is 0.0142. The predicted molar refractivity (Wildman–Crippen MR) is 109 cm³/mol. The Labute approximate surface area is 165 Å². The molecule has 6 heteroatoms. The number of carbonyl (C=O) groups excluding carboxylic acids is 1. The summed E-state index contributed by atoms with van der Waals surface area (Å²) in [5.41, 5.74) is 3.55. The lowest BCUT2D eigenvalue weighted by atomic mass is 9.91. The van der Waals surface area contributed by atoms with E-state index in [1.165, 1.54) is 0 Å². The lowest BCUT2D eigenvalue weighted by Gasteiger charge is -2.46. The van der Waals surface area contributed by atoms with Crippen LogP contribution >= 0.6 is 0 Å². The zero-order valence-corrected chi connectivity index (χ0v) is 16.7. The van der Waals surface area contributed by atoms with Crippen molar-refractivity contribution in [2.75, 3.05) is 32.6 Å². The molecule has 0 aromatic heterocycles. The third-order valence-electron chi connectivity index (χ3n) is 5.83. The molecule has 0 atom stereocenters. The number of anilines is 1. The van der Waals surface area contributed by atoms with Crippen LogP contribution in [0.2, 0.25) is 0 Å². The molecule has 1 saturated heterocycles. The van der Waals surface area contributed by atoms with Crippen LogP contribution in [0.4, 0.5) is 5.69 Å². The average Bonchev–Trinajstić information content (AvgIpc) is 2.71. The largest absolute Gasteiger partial charge is 0.497 e. The summed E-state index contributed by atoms with van der Waals surface area (Å²) in [6, 6.07) is 11.7. The van der Waals surface area contributed by atoms with Gasteiger partial charge in [0.2, 0.25) is 0 Å². The van der Waals surface area contributed by atoms with Crippen LogP contribution in [0.25, 0.3) is 0 Å². The van der Waals surface area contributed by atoms with Crippen LogP contribution in [-0.4, -0.2) is 43.8 Å². The highest BCUT2D eigenvalue weighted by Crippen LogP contribution is 2.34. The Bertz CT molecular complexity index is 889. The summed E-state index contributed by atoms with van der Waals surface area (Å²) in [5, 5.41) is 6.85. The van der Waals surface area contributed by atoms with Gasteiger partial charge in [0.1, 0.15) is 17.2 Å². The van der Waals surface area contributed by atoms with E-state index in [0.29, 0.717) is 0 Å². The molecule has 2 heterocycles. The number of carbonyl (C=O) groups is 1. The van der Waals surface area contributed by atoms with Gasteiger partial charge >= 0.3 is 0 Å². The minimum atomic E-state index is -0.370. The van der Waals surface area contributed by atoms with Crippen LogP contribution in [0.15, 0.2) is 36.4 Å². The van der Waals surface area contributed by atoms with E-state index in [9.17, 15) is 4.79 Å². The van der Waals surface area contributed by atoms with Crippen molar-refractivity contribution >= 4 is 11.6 Å². The minimum Gasteiger partial charge on any atom is -0.497 e. The molecule has 2 aliphatic rings. The Balaban J connectivity index is 1.47. The van der Waals surface area contributed by atoms with E-state index < -0.39 is 0 Å². The van der Waals surface area contributed by atoms with Gasteiger partial charge in [-0.2, -0.15) is 0 Å². The molecule has 0 radical (unpaired) electrons. The summed E-state index contributed by atoms with van der Waals surface area (Å²) in [6.07, 6.45) is 1.69. The number of rotatable bonds is 4. The molecule has 28 heavy (non-hydrogen) atoms. The van der Waals surface area contributed by atoms with Gasteiger partial charge in [0, 0.05) is 38.0 Å². The van der Waals surface area contributed by atoms with E-state index in [0.717, 1.165) is 66.4 Å². The van der Waals surface area contributed by atoms with Gasteiger partial charge in [-0.15, -0.1) is 0 Å². The molecule has 148 valence electrons. The number of hydrogen-bond acceptors (Lipinski definition) is 5. The Kier molecular flexibility index (Phi) is 4.89. The average molecular weight is 381 g/mol. The van der Waals surface area contributed by atoms with Gasteiger partial charge in [-0.25, -0.2) is 0 Å². The van der Waals surface area contributed by atoms with Crippen LogP contribution < -0.4 is 20.1 Å². The standard InChI is InChI=1S/C22H27N3O3/c1-15-5-4-6-18-20(15)23-22(24-21(18)26)9-11-25(12-10-22)14-16-13-17(27-2)7-8-19(16)28-3/h4-8,13,23H,9-12,14H2,1-3H3,(H,24,26). The van der Waals surface area contributed by atoms with Gasteiger partial charge in [-0.3, -0.25) is 9.69 Å².